The van der Waals surface area contributed by atoms with Gasteiger partial charge < -0.3 is 19.5 Å². The maximum Gasteiger partial charge on any atom is 0.455 e. The number of phenolic OH excluding ortho intramolecular Hbond substituents is 1. The molecule has 8 nitrogen and oxygen atoms in total. The summed E-state index contributed by atoms with van der Waals surface area (Å²) in [4.78, 5) is 39.3. The van der Waals surface area contributed by atoms with Gasteiger partial charge in [0.2, 0.25) is 11.8 Å². The number of rotatable bonds is 8. The van der Waals surface area contributed by atoms with Gasteiger partial charge >= 0.3 is 13.2 Å². The Kier molecular flexibility index (Phi) is 9.01. The predicted molar refractivity (Wildman–Crippen MR) is 144 cm³/mol. The van der Waals surface area contributed by atoms with Crippen LogP contribution >= 0.6 is 11.6 Å². The highest BCUT2D eigenvalue weighted by molar-refractivity contribution is 6.43. The monoisotopic (exact) mass is 543 g/mol. The maximum atomic E-state index is 13.3. The van der Waals surface area contributed by atoms with Gasteiger partial charge in [0.15, 0.2) is 0 Å². The Morgan fingerprint density at radius 3 is 2.63 bits per heavy atom. The number of hydrogen-bond donors (Lipinski definition) is 2. The number of imide groups is 3. The molecule has 1 aromatic carbocycles. The molecule has 0 spiro atoms. The maximum absolute atomic E-state index is 13.3. The van der Waals surface area contributed by atoms with E-state index in [0.717, 1.165) is 55.1 Å². The molecule has 2 heterocycles. The first kappa shape index (κ1) is 28.4. The number of amides is 3. The standard InChI is InChI=1S/C28H35BClNO7/c1-4-6-16(12-17-9-10-19(32)14-22(17)30)8-11-23-24-18(7-5-2)13-20-25(21(24)15-29(36)38-23)27(34)31(26(20)33)28(35)37-3/h9-10,12,14,20-21,23,25,32,36H,4-8,11,13,15H2,1-3H3/b16-12+/t20-,21+,23-,25-/m1/s1. The molecule has 0 aromatic heterocycles. The second-order valence-electron chi connectivity index (χ2n) is 10.3. The molecule has 2 saturated heterocycles. The quantitative estimate of drug-likeness (QED) is 0.257. The fourth-order valence-electron chi connectivity index (χ4n) is 6.33. The molecule has 1 aromatic rings. The van der Waals surface area contributed by atoms with Crippen LogP contribution in [0.15, 0.2) is 34.9 Å². The second kappa shape index (κ2) is 12.1. The van der Waals surface area contributed by atoms with Crippen molar-refractivity contribution in [2.24, 2.45) is 17.8 Å². The average molecular weight is 544 g/mol. The number of carbonyl (C=O) groups is 3. The van der Waals surface area contributed by atoms with Gasteiger partial charge in [-0.2, -0.15) is 4.90 Å². The third-order valence-corrected chi connectivity index (χ3v) is 8.19. The van der Waals surface area contributed by atoms with Gasteiger partial charge in [-0.05, 0) is 73.7 Å². The summed E-state index contributed by atoms with van der Waals surface area (Å²) in [5.74, 6) is -2.67. The van der Waals surface area contributed by atoms with Crippen LogP contribution in [0.5, 0.6) is 5.75 Å². The first-order valence-electron chi connectivity index (χ1n) is 13.4. The summed E-state index contributed by atoms with van der Waals surface area (Å²) >= 11 is 6.34. The van der Waals surface area contributed by atoms with Crippen molar-refractivity contribution in [3.05, 3.63) is 45.5 Å². The Morgan fingerprint density at radius 2 is 1.97 bits per heavy atom. The van der Waals surface area contributed by atoms with Gasteiger partial charge in [0, 0.05) is 0 Å². The van der Waals surface area contributed by atoms with Gasteiger partial charge in [-0.25, -0.2) is 4.79 Å². The van der Waals surface area contributed by atoms with E-state index >= 15 is 0 Å². The van der Waals surface area contributed by atoms with Crippen LogP contribution in [-0.2, 0) is 19.0 Å². The first-order valence-corrected chi connectivity index (χ1v) is 13.8. The summed E-state index contributed by atoms with van der Waals surface area (Å²) in [6.45, 7) is 4.16. The molecule has 38 heavy (non-hydrogen) atoms. The number of phenols is 1. The fourth-order valence-corrected chi connectivity index (χ4v) is 6.56. The zero-order chi connectivity index (χ0) is 27.6. The van der Waals surface area contributed by atoms with Crippen molar-refractivity contribution in [3.8, 4) is 5.75 Å². The van der Waals surface area contributed by atoms with Crippen LogP contribution in [0.1, 0.15) is 64.4 Å². The zero-order valence-corrected chi connectivity index (χ0v) is 22.9. The molecule has 10 heteroatoms. The van der Waals surface area contributed by atoms with Gasteiger partial charge in [-0.3, -0.25) is 9.59 Å². The van der Waals surface area contributed by atoms with Gasteiger partial charge in [0.05, 0.1) is 30.1 Å². The highest BCUT2D eigenvalue weighted by Gasteiger charge is 2.59. The molecule has 4 atom stereocenters. The number of carbonyl (C=O) groups excluding carboxylic acids is 3. The Labute approximate surface area is 228 Å². The lowest BCUT2D eigenvalue weighted by molar-refractivity contribution is -0.137. The molecular weight excluding hydrogens is 509 g/mol. The number of benzene rings is 1. The van der Waals surface area contributed by atoms with E-state index in [-0.39, 0.29) is 18.0 Å². The van der Waals surface area contributed by atoms with Crippen molar-refractivity contribution >= 4 is 42.7 Å². The Morgan fingerprint density at radius 1 is 1.21 bits per heavy atom. The summed E-state index contributed by atoms with van der Waals surface area (Å²) in [6, 6.07) is 4.90. The molecule has 4 rings (SSSR count). The van der Waals surface area contributed by atoms with E-state index in [1.165, 1.54) is 6.07 Å². The number of aromatic hydroxyl groups is 1. The Bertz CT molecular complexity index is 1170. The van der Waals surface area contributed by atoms with Crippen LogP contribution in [0.25, 0.3) is 6.08 Å². The van der Waals surface area contributed by atoms with E-state index in [0.29, 0.717) is 29.2 Å². The van der Waals surface area contributed by atoms with Crippen molar-refractivity contribution in [1.29, 1.82) is 0 Å². The lowest BCUT2D eigenvalue weighted by Gasteiger charge is -2.43. The number of halogens is 1. The van der Waals surface area contributed by atoms with Gasteiger partial charge in [0.25, 0.3) is 0 Å². The minimum Gasteiger partial charge on any atom is -0.508 e. The molecular formula is C28H35BClNO7. The summed E-state index contributed by atoms with van der Waals surface area (Å²) in [7, 11) is 0.0773. The van der Waals surface area contributed by atoms with Crippen LogP contribution in [0.4, 0.5) is 4.79 Å². The van der Waals surface area contributed by atoms with Crippen LogP contribution in [0.3, 0.4) is 0 Å². The van der Waals surface area contributed by atoms with E-state index in [9.17, 15) is 24.5 Å². The second-order valence-corrected chi connectivity index (χ2v) is 10.8. The number of fused-ring (bicyclic) bond motifs is 3. The Hall–Kier alpha value is -2.62. The van der Waals surface area contributed by atoms with Crippen molar-refractivity contribution in [3.63, 3.8) is 0 Å². The van der Waals surface area contributed by atoms with Crippen molar-refractivity contribution < 1.29 is 33.9 Å². The molecule has 0 radical (unpaired) electrons. The van der Waals surface area contributed by atoms with Gasteiger partial charge in [0.1, 0.15) is 5.75 Å². The van der Waals surface area contributed by atoms with Crippen LogP contribution in [-0.4, -0.2) is 53.3 Å². The van der Waals surface area contributed by atoms with E-state index in [4.69, 9.17) is 21.0 Å². The van der Waals surface area contributed by atoms with Gasteiger partial charge in [-0.15, -0.1) is 0 Å². The molecule has 3 amide bonds. The minimum atomic E-state index is -1.07. The molecule has 2 N–H and O–H groups in total. The minimum absolute atomic E-state index is 0.108. The van der Waals surface area contributed by atoms with Gasteiger partial charge in [-0.1, -0.05) is 55.5 Å². The third-order valence-electron chi connectivity index (χ3n) is 7.86. The molecule has 0 bridgehead atoms. The third kappa shape index (κ3) is 5.56. The predicted octanol–water partition coefficient (Wildman–Crippen LogP) is 5.37. The van der Waals surface area contributed by atoms with E-state index in [1.807, 2.05) is 6.08 Å². The van der Waals surface area contributed by atoms with Crippen molar-refractivity contribution in [2.75, 3.05) is 7.11 Å². The number of likely N-dealkylation sites (tertiary alicyclic amines) is 1. The molecule has 2 fully saturated rings. The number of methoxy groups -OCH3 is 1. The highest BCUT2D eigenvalue weighted by Crippen LogP contribution is 2.51. The van der Waals surface area contributed by atoms with E-state index in [2.05, 4.69) is 13.8 Å². The highest BCUT2D eigenvalue weighted by atomic mass is 35.5. The van der Waals surface area contributed by atoms with E-state index < -0.39 is 43.0 Å². The smallest absolute Gasteiger partial charge is 0.455 e. The average Bonchev–Trinajstić information content (AvgIpc) is 3.13. The summed E-state index contributed by atoms with van der Waals surface area (Å²) < 4.78 is 10.8. The lowest BCUT2D eigenvalue weighted by Crippen LogP contribution is -2.46. The van der Waals surface area contributed by atoms with Crippen LogP contribution < -0.4 is 0 Å². The topological polar surface area (TPSA) is 113 Å². The number of hydrogen-bond acceptors (Lipinski definition) is 7. The SMILES string of the molecule is CCCC1=C2[C@@H](CC/C(=C/c3ccc(O)cc3Cl)CCC)OB(O)C[C@@H]2[C@@H]2C(=O)N(C(=O)OC)C(=O)[C@@H]2C1. The molecule has 204 valence electrons. The molecule has 2 aliphatic heterocycles. The normalized spacial score (nSPS) is 25.6. The molecule has 3 aliphatic rings. The molecule has 0 unspecified atom stereocenters. The molecule has 0 saturated carbocycles. The number of nitrogens with zero attached hydrogens (tertiary/aromatic N) is 1. The van der Waals surface area contributed by atoms with Crippen LogP contribution in [0, 0.1) is 17.8 Å². The summed E-state index contributed by atoms with van der Waals surface area (Å²) in [6.07, 6.45) is 5.96. The largest absolute Gasteiger partial charge is 0.508 e. The van der Waals surface area contributed by atoms with E-state index in [1.54, 1.807) is 12.1 Å². The summed E-state index contributed by atoms with van der Waals surface area (Å²) in [5.41, 5.74) is 4.08. The lowest BCUT2D eigenvalue weighted by atomic mass is 9.58. The summed E-state index contributed by atoms with van der Waals surface area (Å²) in [5, 5.41) is 20.8. The number of allylic oxidation sites excluding steroid dienone is 2. The van der Waals surface area contributed by atoms with Crippen molar-refractivity contribution in [2.45, 2.75) is 71.2 Å². The van der Waals surface area contributed by atoms with Crippen molar-refractivity contribution in [1.82, 2.24) is 4.90 Å². The molecule has 1 aliphatic carbocycles. The zero-order valence-electron chi connectivity index (χ0n) is 22.1. The Balaban J connectivity index is 1.64. The number of ether oxygens (including phenoxy) is 1. The first-order chi connectivity index (χ1) is 18.2. The van der Waals surface area contributed by atoms with Crippen LogP contribution in [0.2, 0.25) is 11.3 Å². The fraction of sp³-hybridized carbons (Fsp3) is 0.536.